The average Bonchev–Trinajstić information content (AvgIpc) is 3.23. The van der Waals surface area contributed by atoms with E-state index < -0.39 is 12.1 Å². The Labute approximate surface area is 155 Å². The molecule has 1 aromatic heterocycles. The maximum Gasteiger partial charge on any atom is 0.490 e. The zero-order valence-electron chi connectivity index (χ0n) is 15.5. The number of carboxylic acid groups (broad SMARTS) is 1. The highest BCUT2D eigenvalue weighted by Gasteiger charge is 2.38. The van der Waals surface area contributed by atoms with Gasteiger partial charge >= 0.3 is 12.1 Å². The first-order chi connectivity index (χ1) is 12.7. The highest BCUT2D eigenvalue weighted by atomic mass is 19.4. The Kier molecular flexibility index (Phi) is 7.60. The normalized spacial score (nSPS) is 26.5. The first-order valence-corrected chi connectivity index (χ1v) is 9.15. The molecule has 2 fully saturated rings. The number of hydrogen-bond acceptors (Lipinski definition) is 6. The molecule has 0 radical (unpaired) electrons. The highest BCUT2D eigenvalue weighted by Crippen LogP contribution is 2.24. The molecular formula is C17H26F3N3O4. The van der Waals surface area contributed by atoms with Crippen molar-refractivity contribution >= 4 is 5.97 Å². The van der Waals surface area contributed by atoms with Crippen LogP contribution in [-0.4, -0.2) is 57.1 Å². The van der Waals surface area contributed by atoms with Crippen LogP contribution in [0.3, 0.4) is 0 Å². The maximum absolute atomic E-state index is 10.6. The number of likely N-dealkylation sites (tertiary alicyclic amines) is 1. The van der Waals surface area contributed by atoms with Gasteiger partial charge in [-0.2, -0.15) is 18.2 Å². The molecule has 0 spiro atoms. The van der Waals surface area contributed by atoms with Crippen LogP contribution >= 0.6 is 0 Å². The minimum Gasteiger partial charge on any atom is -0.475 e. The lowest BCUT2D eigenvalue weighted by Gasteiger charge is -2.37. The van der Waals surface area contributed by atoms with E-state index in [4.69, 9.17) is 19.2 Å². The Morgan fingerprint density at radius 3 is 2.37 bits per heavy atom. The summed E-state index contributed by atoms with van der Waals surface area (Å²) < 4.78 is 42.8. The summed E-state index contributed by atoms with van der Waals surface area (Å²) in [5, 5.41) is 11.2. The van der Waals surface area contributed by atoms with E-state index in [-0.39, 0.29) is 6.10 Å². The van der Waals surface area contributed by atoms with Crippen LogP contribution in [0.4, 0.5) is 13.2 Å². The van der Waals surface area contributed by atoms with E-state index in [1.165, 1.54) is 19.3 Å². The van der Waals surface area contributed by atoms with Gasteiger partial charge in [0.15, 0.2) is 5.82 Å². The fourth-order valence-electron chi connectivity index (χ4n) is 3.39. The third-order valence-corrected chi connectivity index (χ3v) is 4.88. The van der Waals surface area contributed by atoms with E-state index in [1.807, 2.05) is 0 Å². The van der Waals surface area contributed by atoms with Gasteiger partial charge in [0.25, 0.3) is 0 Å². The Bertz CT molecular complexity index is 592. The number of ether oxygens (including phenoxy) is 1. The number of rotatable bonds is 4. The minimum absolute atomic E-state index is 0.285. The molecule has 10 heteroatoms. The van der Waals surface area contributed by atoms with Gasteiger partial charge in [-0.3, -0.25) is 4.90 Å². The molecule has 0 aliphatic carbocycles. The zero-order valence-corrected chi connectivity index (χ0v) is 15.5. The molecule has 7 nitrogen and oxygen atoms in total. The van der Waals surface area contributed by atoms with Crippen LogP contribution in [0.2, 0.25) is 0 Å². The molecule has 0 amide bonds. The van der Waals surface area contributed by atoms with Crippen molar-refractivity contribution in [2.24, 2.45) is 0 Å². The lowest BCUT2D eigenvalue weighted by atomic mass is 9.98. The van der Waals surface area contributed by atoms with Gasteiger partial charge < -0.3 is 14.4 Å². The monoisotopic (exact) mass is 393 g/mol. The number of carboxylic acids is 1. The number of halogens is 3. The van der Waals surface area contributed by atoms with Crippen molar-refractivity contribution in [3.8, 4) is 0 Å². The lowest BCUT2D eigenvalue weighted by molar-refractivity contribution is -0.192. The largest absolute Gasteiger partial charge is 0.490 e. The Hall–Kier alpha value is -1.68. The number of aromatic nitrogens is 2. The molecule has 3 rings (SSSR count). The summed E-state index contributed by atoms with van der Waals surface area (Å²) in [7, 11) is 0. The van der Waals surface area contributed by atoms with Crippen LogP contribution in [0, 0.1) is 0 Å². The van der Waals surface area contributed by atoms with Crippen molar-refractivity contribution in [2.75, 3.05) is 6.61 Å². The molecule has 1 unspecified atom stereocenters. The van der Waals surface area contributed by atoms with E-state index in [2.05, 4.69) is 28.9 Å². The van der Waals surface area contributed by atoms with Crippen molar-refractivity contribution in [1.82, 2.24) is 15.0 Å². The summed E-state index contributed by atoms with van der Waals surface area (Å²) >= 11 is 0. The summed E-state index contributed by atoms with van der Waals surface area (Å²) in [6, 6.07) is 1.21. The summed E-state index contributed by atoms with van der Waals surface area (Å²) in [5.74, 6) is -1.21. The number of aliphatic carboxylic acids is 1. The van der Waals surface area contributed by atoms with Crippen molar-refractivity contribution < 1.29 is 32.3 Å². The molecule has 27 heavy (non-hydrogen) atoms. The van der Waals surface area contributed by atoms with Crippen LogP contribution < -0.4 is 0 Å². The van der Waals surface area contributed by atoms with E-state index in [0.29, 0.717) is 12.1 Å². The molecule has 3 atom stereocenters. The number of nitrogens with zero attached hydrogens (tertiary/aromatic N) is 3. The van der Waals surface area contributed by atoms with Crippen LogP contribution in [0.1, 0.15) is 57.7 Å². The van der Waals surface area contributed by atoms with Crippen LogP contribution in [0.25, 0.3) is 0 Å². The second-order valence-corrected chi connectivity index (χ2v) is 7.05. The zero-order chi connectivity index (χ0) is 20.0. The summed E-state index contributed by atoms with van der Waals surface area (Å²) in [5.41, 5.74) is 0. The Morgan fingerprint density at radius 1 is 1.22 bits per heavy atom. The molecule has 1 N–H and O–H groups in total. The second-order valence-electron chi connectivity index (χ2n) is 7.05. The van der Waals surface area contributed by atoms with Gasteiger partial charge in [-0.15, -0.1) is 0 Å². The SMILES string of the molecule is C[C@@H]1CCC[C@H](C)N1Cc1nc(CC2CCCO2)no1.O=C(O)C(F)(F)F. The van der Waals surface area contributed by atoms with Crippen molar-refractivity contribution in [2.45, 2.75) is 83.3 Å². The van der Waals surface area contributed by atoms with Gasteiger partial charge in [0.1, 0.15) is 0 Å². The average molecular weight is 393 g/mol. The summed E-state index contributed by atoms with van der Waals surface area (Å²) in [4.78, 5) is 15.9. The molecule has 1 aromatic rings. The summed E-state index contributed by atoms with van der Waals surface area (Å²) in [6.45, 7) is 6.23. The van der Waals surface area contributed by atoms with Crippen LogP contribution in [0.5, 0.6) is 0 Å². The fourth-order valence-corrected chi connectivity index (χ4v) is 3.39. The maximum atomic E-state index is 10.6. The molecular weight excluding hydrogens is 367 g/mol. The number of hydrogen-bond donors (Lipinski definition) is 1. The minimum atomic E-state index is -5.08. The molecule has 0 bridgehead atoms. The predicted octanol–water partition coefficient (Wildman–Crippen LogP) is 3.19. The Balaban J connectivity index is 0.000000321. The standard InChI is InChI=1S/C15H25N3O2.C2HF3O2/c1-11-5-3-6-12(2)18(11)10-15-16-14(17-20-15)9-13-7-4-8-19-13;3-2(4,5)1(6)7/h11-13H,3-10H2,1-2H3;(H,6,7)/t11-,12+,13?;. The Morgan fingerprint density at radius 2 is 1.85 bits per heavy atom. The van der Waals surface area contributed by atoms with E-state index >= 15 is 0 Å². The molecule has 0 saturated carbocycles. The van der Waals surface area contributed by atoms with Gasteiger partial charge in [-0.1, -0.05) is 11.6 Å². The molecule has 154 valence electrons. The molecule has 2 aliphatic heterocycles. The lowest BCUT2D eigenvalue weighted by Crippen LogP contribution is -2.43. The third-order valence-electron chi connectivity index (χ3n) is 4.88. The smallest absolute Gasteiger partial charge is 0.475 e. The van der Waals surface area contributed by atoms with Gasteiger partial charge in [-0.05, 0) is 39.5 Å². The molecule has 2 saturated heterocycles. The first kappa shape index (κ1) is 21.6. The highest BCUT2D eigenvalue weighted by molar-refractivity contribution is 5.73. The van der Waals surface area contributed by atoms with Crippen molar-refractivity contribution in [1.29, 1.82) is 0 Å². The van der Waals surface area contributed by atoms with Crippen LogP contribution in [-0.2, 0) is 22.5 Å². The first-order valence-electron chi connectivity index (χ1n) is 9.15. The second kappa shape index (κ2) is 9.50. The van der Waals surface area contributed by atoms with E-state index in [1.54, 1.807) is 0 Å². The predicted molar refractivity (Wildman–Crippen MR) is 89.0 cm³/mol. The number of piperidine rings is 1. The van der Waals surface area contributed by atoms with E-state index in [0.717, 1.165) is 44.1 Å². The van der Waals surface area contributed by atoms with Gasteiger partial charge in [0.05, 0.1) is 12.6 Å². The van der Waals surface area contributed by atoms with Crippen LogP contribution in [0.15, 0.2) is 4.52 Å². The molecule has 0 aromatic carbocycles. The van der Waals surface area contributed by atoms with Crippen molar-refractivity contribution in [3.05, 3.63) is 11.7 Å². The quantitative estimate of drug-likeness (QED) is 0.840. The fraction of sp³-hybridized carbons (Fsp3) is 0.824. The van der Waals surface area contributed by atoms with Gasteiger partial charge in [-0.25, -0.2) is 4.79 Å². The third kappa shape index (κ3) is 6.76. The van der Waals surface area contributed by atoms with Crippen molar-refractivity contribution in [3.63, 3.8) is 0 Å². The number of carbonyl (C=O) groups is 1. The number of alkyl halides is 3. The van der Waals surface area contributed by atoms with Gasteiger partial charge in [0.2, 0.25) is 5.89 Å². The molecule has 2 aliphatic rings. The topological polar surface area (TPSA) is 88.7 Å². The molecule has 3 heterocycles. The summed E-state index contributed by atoms with van der Waals surface area (Å²) in [6.07, 6.45) is 2.11. The van der Waals surface area contributed by atoms with Gasteiger partial charge in [0, 0.05) is 25.1 Å². The van der Waals surface area contributed by atoms with E-state index in [9.17, 15) is 13.2 Å².